The van der Waals surface area contributed by atoms with Gasteiger partial charge in [-0.05, 0) is 18.1 Å². The van der Waals surface area contributed by atoms with E-state index in [2.05, 4.69) is 5.32 Å². The Morgan fingerprint density at radius 3 is 2.73 bits per heavy atom. The molecule has 7 heteroatoms. The molecule has 0 saturated carbocycles. The van der Waals surface area contributed by atoms with Crippen molar-refractivity contribution in [3.8, 4) is 0 Å². The van der Waals surface area contributed by atoms with Gasteiger partial charge < -0.3 is 10.4 Å². The van der Waals surface area contributed by atoms with Crippen LogP contribution in [0.3, 0.4) is 0 Å². The summed E-state index contributed by atoms with van der Waals surface area (Å²) in [6, 6.07) is 4.88. The number of aliphatic hydroxyl groups is 1. The second kappa shape index (κ2) is 6.66. The summed E-state index contributed by atoms with van der Waals surface area (Å²) in [5.74, 6) is -0.177. The SMILES string of the molecule is CNC(=O)CCN1C[C@H](O)C[C@@H]1c1ccccc1C(F)(F)F. The maximum Gasteiger partial charge on any atom is 0.416 e. The van der Waals surface area contributed by atoms with Crippen molar-refractivity contribution in [1.29, 1.82) is 0 Å². The third kappa shape index (κ3) is 3.78. The Kier molecular flexibility index (Phi) is 5.08. The molecule has 1 aliphatic rings. The number of nitrogens with zero attached hydrogens (tertiary/aromatic N) is 1. The number of aliphatic hydroxyl groups excluding tert-OH is 1. The Hall–Kier alpha value is -1.60. The molecular formula is C15H19F3N2O2. The number of likely N-dealkylation sites (tertiary alicyclic amines) is 1. The monoisotopic (exact) mass is 316 g/mol. The van der Waals surface area contributed by atoms with Gasteiger partial charge in [-0.25, -0.2) is 0 Å². The van der Waals surface area contributed by atoms with E-state index in [1.807, 2.05) is 0 Å². The Labute approximate surface area is 126 Å². The molecule has 1 fully saturated rings. The van der Waals surface area contributed by atoms with E-state index in [-0.39, 0.29) is 30.9 Å². The van der Waals surface area contributed by atoms with Gasteiger partial charge in [-0.1, -0.05) is 18.2 Å². The first-order chi connectivity index (χ1) is 10.3. The molecule has 1 heterocycles. The summed E-state index contributed by atoms with van der Waals surface area (Å²) in [5, 5.41) is 12.3. The summed E-state index contributed by atoms with van der Waals surface area (Å²) in [7, 11) is 1.51. The zero-order valence-corrected chi connectivity index (χ0v) is 12.2. The number of alkyl halides is 3. The van der Waals surface area contributed by atoms with E-state index in [9.17, 15) is 23.1 Å². The van der Waals surface area contributed by atoms with Gasteiger partial charge in [0, 0.05) is 32.6 Å². The van der Waals surface area contributed by atoms with E-state index in [1.54, 1.807) is 11.0 Å². The van der Waals surface area contributed by atoms with Crippen LogP contribution in [0.4, 0.5) is 13.2 Å². The highest BCUT2D eigenvalue weighted by molar-refractivity contribution is 5.75. The van der Waals surface area contributed by atoms with Crippen molar-refractivity contribution in [2.45, 2.75) is 31.2 Å². The third-order valence-corrected chi connectivity index (χ3v) is 3.91. The van der Waals surface area contributed by atoms with Crippen LogP contribution < -0.4 is 5.32 Å². The molecule has 2 atom stereocenters. The summed E-state index contributed by atoms with van der Waals surface area (Å²) in [6.45, 7) is 0.585. The minimum absolute atomic E-state index is 0.156. The lowest BCUT2D eigenvalue weighted by Crippen LogP contribution is -2.31. The third-order valence-electron chi connectivity index (χ3n) is 3.91. The quantitative estimate of drug-likeness (QED) is 0.893. The van der Waals surface area contributed by atoms with Gasteiger partial charge in [0.1, 0.15) is 0 Å². The first-order valence-corrected chi connectivity index (χ1v) is 7.11. The molecule has 0 aromatic heterocycles. The Morgan fingerprint density at radius 1 is 1.41 bits per heavy atom. The molecule has 1 amide bonds. The van der Waals surface area contributed by atoms with Crippen LogP contribution >= 0.6 is 0 Å². The predicted octanol–water partition coefficient (Wildman–Crippen LogP) is 1.95. The van der Waals surface area contributed by atoms with Crippen molar-refractivity contribution in [2.24, 2.45) is 0 Å². The van der Waals surface area contributed by atoms with Crippen LogP contribution in [0.2, 0.25) is 0 Å². The van der Waals surface area contributed by atoms with Crippen LogP contribution in [0.25, 0.3) is 0 Å². The zero-order valence-electron chi connectivity index (χ0n) is 12.2. The van der Waals surface area contributed by atoms with Gasteiger partial charge in [-0.2, -0.15) is 13.2 Å². The Morgan fingerprint density at radius 2 is 2.09 bits per heavy atom. The topological polar surface area (TPSA) is 52.6 Å². The Bertz CT molecular complexity index is 534. The molecular weight excluding hydrogens is 297 g/mol. The maximum atomic E-state index is 13.1. The van der Waals surface area contributed by atoms with Crippen LogP contribution in [0.5, 0.6) is 0 Å². The average Bonchev–Trinajstić information content (AvgIpc) is 2.84. The van der Waals surface area contributed by atoms with Crippen LogP contribution in [0.1, 0.15) is 30.0 Å². The molecule has 2 rings (SSSR count). The number of carbonyl (C=O) groups excluding carboxylic acids is 1. The summed E-state index contributed by atoms with van der Waals surface area (Å²) >= 11 is 0. The van der Waals surface area contributed by atoms with Gasteiger partial charge in [-0.3, -0.25) is 9.69 Å². The van der Waals surface area contributed by atoms with E-state index in [0.717, 1.165) is 6.07 Å². The summed E-state index contributed by atoms with van der Waals surface area (Å²) < 4.78 is 39.4. The lowest BCUT2D eigenvalue weighted by Gasteiger charge is -2.26. The van der Waals surface area contributed by atoms with Gasteiger partial charge in [0.05, 0.1) is 11.7 Å². The highest BCUT2D eigenvalue weighted by Crippen LogP contribution is 2.40. The lowest BCUT2D eigenvalue weighted by molar-refractivity contribution is -0.138. The lowest BCUT2D eigenvalue weighted by atomic mass is 9.97. The fraction of sp³-hybridized carbons (Fsp3) is 0.533. The maximum absolute atomic E-state index is 13.1. The van der Waals surface area contributed by atoms with Crippen molar-refractivity contribution in [1.82, 2.24) is 10.2 Å². The second-order valence-electron chi connectivity index (χ2n) is 5.41. The smallest absolute Gasteiger partial charge is 0.392 e. The molecule has 1 aromatic rings. The number of amides is 1. The molecule has 1 aliphatic heterocycles. The van der Waals surface area contributed by atoms with E-state index in [1.165, 1.54) is 19.2 Å². The predicted molar refractivity (Wildman–Crippen MR) is 75.1 cm³/mol. The van der Waals surface area contributed by atoms with E-state index in [4.69, 9.17) is 0 Å². The van der Waals surface area contributed by atoms with Crippen LogP contribution in [0, 0.1) is 0 Å². The van der Waals surface area contributed by atoms with Crippen molar-refractivity contribution in [3.63, 3.8) is 0 Å². The molecule has 0 aliphatic carbocycles. The standard InChI is InChI=1S/C15H19F3N2O2/c1-19-14(22)6-7-20-9-10(21)8-13(20)11-4-2-3-5-12(11)15(16,17)18/h2-5,10,13,21H,6-9H2,1H3,(H,19,22)/t10-,13-/m1/s1. The van der Waals surface area contributed by atoms with Gasteiger partial charge in [0.2, 0.25) is 5.91 Å². The molecule has 122 valence electrons. The van der Waals surface area contributed by atoms with Gasteiger partial charge >= 0.3 is 6.18 Å². The molecule has 0 radical (unpaired) electrons. The molecule has 1 aromatic carbocycles. The molecule has 4 nitrogen and oxygen atoms in total. The second-order valence-corrected chi connectivity index (χ2v) is 5.41. The van der Waals surface area contributed by atoms with Crippen molar-refractivity contribution >= 4 is 5.91 Å². The minimum atomic E-state index is -4.43. The summed E-state index contributed by atoms with van der Waals surface area (Å²) in [4.78, 5) is 13.1. The van der Waals surface area contributed by atoms with Crippen molar-refractivity contribution in [3.05, 3.63) is 35.4 Å². The fourth-order valence-corrected chi connectivity index (χ4v) is 2.87. The molecule has 0 unspecified atom stereocenters. The number of benzene rings is 1. The van der Waals surface area contributed by atoms with E-state index < -0.39 is 23.9 Å². The molecule has 2 N–H and O–H groups in total. The molecule has 0 spiro atoms. The minimum Gasteiger partial charge on any atom is -0.392 e. The number of rotatable bonds is 4. The number of β-amino-alcohol motifs (C(OH)–C–C–N with tert-alkyl or cyclic N) is 1. The van der Waals surface area contributed by atoms with E-state index in [0.29, 0.717) is 6.54 Å². The molecule has 0 bridgehead atoms. The number of carbonyl (C=O) groups is 1. The summed E-state index contributed by atoms with van der Waals surface area (Å²) in [5.41, 5.74) is -0.525. The largest absolute Gasteiger partial charge is 0.416 e. The highest BCUT2D eigenvalue weighted by atomic mass is 19.4. The Balaban J connectivity index is 2.24. The van der Waals surface area contributed by atoms with Gasteiger partial charge in [0.25, 0.3) is 0 Å². The fourth-order valence-electron chi connectivity index (χ4n) is 2.87. The summed E-state index contributed by atoms with van der Waals surface area (Å²) in [6.07, 6.45) is -4.69. The van der Waals surface area contributed by atoms with Crippen molar-refractivity contribution in [2.75, 3.05) is 20.1 Å². The number of hydrogen-bond donors (Lipinski definition) is 2. The van der Waals surface area contributed by atoms with Gasteiger partial charge in [0.15, 0.2) is 0 Å². The van der Waals surface area contributed by atoms with E-state index >= 15 is 0 Å². The van der Waals surface area contributed by atoms with Crippen LogP contribution in [-0.2, 0) is 11.0 Å². The average molecular weight is 316 g/mol. The first kappa shape index (κ1) is 16.8. The molecule has 22 heavy (non-hydrogen) atoms. The number of halogens is 3. The van der Waals surface area contributed by atoms with Crippen molar-refractivity contribution < 1.29 is 23.1 Å². The van der Waals surface area contributed by atoms with Crippen LogP contribution in [0.15, 0.2) is 24.3 Å². The van der Waals surface area contributed by atoms with Crippen LogP contribution in [-0.4, -0.2) is 42.2 Å². The first-order valence-electron chi connectivity index (χ1n) is 7.11. The zero-order chi connectivity index (χ0) is 16.3. The molecule has 1 saturated heterocycles. The number of hydrogen-bond acceptors (Lipinski definition) is 3. The normalized spacial score (nSPS) is 22.8. The highest BCUT2D eigenvalue weighted by Gasteiger charge is 2.39. The number of nitrogens with one attached hydrogen (secondary N) is 1. The van der Waals surface area contributed by atoms with Gasteiger partial charge in [-0.15, -0.1) is 0 Å².